The Morgan fingerprint density at radius 1 is 1.26 bits per heavy atom. The van der Waals surface area contributed by atoms with E-state index in [0.717, 1.165) is 6.42 Å². The van der Waals surface area contributed by atoms with Crippen LogP contribution in [0.15, 0.2) is 0 Å². The first-order valence-corrected chi connectivity index (χ1v) is 7.43. The van der Waals surface area contributed by atoms with E-state index in [9.17, 15) is 14.4 Å². The molecule has 0 aliphatic rings. The van der Waals surface area contributed by atoms with Crippen LogP contribution in [0.25, 0.3) is 0 Å². The lowest BCUT2D eigenvalue weighted by Crippen LogP contribution is -2.48. The third-order valence-electron chi connectivity index (χ3n) is 2.20. The lowest BCUT2D eigenvalue weighted by atomic mass is 10.2. The number of aliphatic carboxylic acids is 1. The molecule has 0 bridgehead atoms. The normalized spacial score (nSPS) is 11.5. The number of carboxylic acid groups (broad SMARTS) is 1. The first kappa shape index (κ1) is 17.6. The molecular weight excluding hydrogens is 270 g/mol. The maximum atomic E-state index is 11.4. The highest BCUT2D eigenvalue weighted by molar-refractivity contribution is 7.98. The minimum absolute atomic E-state index is 0.166. The second-order valence-electron chi connectivity index (χ2n) is 3.85. The minimum atomic E-state index is -1.08. The predicted octanol–water partition coefficient (Wildman–Crippen LogP) is 0.0181. The molecule has 0 heterocycles. The number of carbonyl (C=O) groups excluding carboxylic acids is 2. The summed E-state index contributed by atoms with van der Waals surface area (Å²) in [5, 5.41) is 16.1. The van der Waals surface area contributed by atoms with E-state index >= 15 is 0 Å². The molecule has 0 aromatic rings. The van der Waals surface area contributed by atoms with Crippen molar-refractivity contribution in [1.82, 2.24) is 16.0 Å². The first-order valence-electron chi connectivity index (χ1n) is 6.04. The van der Waals surface area contributed by atoms with E-state index in [0.29, 0.717) is 18.7 Å². The van der Waals surface area contributed by atoms with Crippen LogP contribution in [-0.4, -0.2) is 54.2 Å². The van der Waals surface area contributed by atoms with E-state index in [-0.39, 0.29) is 12.5 Å². The minimum Gasteiger partial charge on any atom is -0.480 e. The molecule has 0 aliphatic heterocycles. The van der Waals surface area contributed by atoms with Crippen molar-refractivity contribution in [2.75, 3.05) is 25.1 Å². The highest BCUT2D eigenvalue weighted by Gasteiger charge is 2.19. The zero-order valence-electron chi connectivity index (χ0n) is 11.2. The monoisotopic (exact) mass is 291 g/mol. The van der Waals surface area contributed by atoms with Gasteiger partial charge in [-0.15, -0.1) is 0 Å². The van der Waals surface area contributed by atoms with Gasteiger partial charge in [0.25, 0.3) is 0 Å². The second kappa shape index (κ2) is 10.5. The Morgan fingerprint density at radius 2 is 1.95 bits per heavy atom. The van der Waals surface area contributed by atoms with Crippen molar-refractivity contribution in [3.8, 4) is 0 Å². The van der Waals surface area contributed by atoms with Crippen LogP contribution in [0.5, 0.6) is 0 Å². The number of carbonyl (C=O) groups is 3. The zero-order valence-corrected chi connectivity index (χ0v) is 12.0. The fourth-order valence-corrected chi connectivity index (χ4v) is 1.66. The highest BCUT2D eigenvalue weighted by atomic mass is 32.2. The first-order chi connectivity index (χ1) is 9.01. The molecule has 1 atom stereocenters. The number of rotatable bonds is 9. The lowest BCUT2D eigenvalue weighted by molar-refractivity contribution is -0.139. The van der Waals surface area contributed by atoms with Crippen LogP contribution in [-0.2, 0) is 9.59 Å². The van der Waals surface area contributed by atoms with Crippen molar-refractivity contribution < 1.29 is 19.5 Å². The Balaban J connectivity index is 3.99. The van der Waals surface area contributed by atoms with Crippen LogP contribution in [0.1, 0.15) is 19.8 Å². The highest BCUT2D eigenvalue weighted by Crippen LogP contribution is 2.00. The molecule has 8 heteroatoms. The van der Waals surface area contributed by atoms with Gasteiger partial charge in [-0.1, -0.05) is 6.92 Å². The third kappa shape index (κ3) is 9.18. The van der Waals surface area contributed by atoms with Crippen molar-refractivity contribution in [3.63, 3.8) is 0 Å². The number of hydrogen-bond donors (Lipinski definition) is 4. The smallest absolute Gasteiger partial charge is 0.326 e. The van der Waals surface area contributed by atoms with Gasteiger partial charge >= 0.3 is 12.0 Å². The topological polar surface area (TPSA) is 108 Å². The summed E-state index contributed by atoms with van der Waals surface area (Å²) in [6.45, 7) is 2.30. The maximum absolute atomic E-state index is 11.4. The molecule has 0 saturated carbocycles. The molecule has 0 rings (SSSR count). The second-order valence-corrected chi connectivity index (χ2v) is 4.83. The van der Waals surface area contributed by atoms with E-state index in [1.165, 1.54) is 11.8 Å². The van der Waals surface area contributed by atoms with Crippen molar-refractivity contribution in [3.05, 3.63) is 0 Å². The Labute approximate surface area is 116 Å². The summed E-state index contributed by atoms with van der Waals surface area (Å²) in [4.78, 5) is 33.5. The summed E-state index contributed by atoms with van der Waals surface area (Å²) in [6.07, 6.45) is 3.01. The summed E-state index contributed by atoms with van der Waals surface area (Å²) in [6, 6.07) is -1.59. The summed E-state index contributed by atoms with van der Waals surface area (Å²) < 4.78 is 0. The van der Waals surface area contributed by atoms with Crippen molar-refractivity contribution >= 4 is 29.7 Å². The Kier molecular flexibility index (Phi) is 9.69. The van der Waals surface area contributed by atoms with Gasteiger partial charge in [0.1, 0.15) is 6.04 Å². The molecular formula is C11H21N3O4S. The van der Waals surface area contributed by atoms with Crippen molar-refractivity contribution in [1.29, 1.82) is 0 Å². The van der Waals surface area contributed by atoms with Crippen LogP contribution in [0.2, 0.25) is 0 Å². The van der Waals surface area contributed by atoms with Crippen LogP contribution in [0.4, 0.5) is 4.79 Å². The van der Waals surface area contributed by atoms with Gasteiger partial charge in [-0.2, -0.15) is 11.8 Å². The predicted molar refractivity (Wildman–Crippen MR) is 74.3 cm³/mol. The molecule has 4 N–H and O–H groups in total. The lowest BCUT2D eigenvalue weighted by Gasteiger charge is -2.14. The van der Waals surface area contributed by atoms with Gasteiger partial charge in [-0.05, 0) is 24.9 Å². The molecule has 0 radical (unpaired) electrons. The SMILES string of the molecule is CCCNC(=O)CNC(=O)NC(CCSC)C(=O)O. The Hall–Kier alpha value is -1.44. The molecule has 3 amide bonds. The summed E-state index contributed by atoms with van der Waals surface area (Å²) in [5.41, 5.74) is 0. The van der Waals surface area contributed by atoms with Crippen molar-refractivity contribution in [2.45, 2.75) is 25.8 Å². The van der Waals surface area contributed by atoms with Gasteiger partial charge in [-0.3, -0.25) is 4.79 Å². The Morgan fingerprint density at radius 3 is 2.47 bits per heavy atom. The van der Waals surface area contributed by atoms with Crippen LogP contribution < -0.4 is 16.0 Å². The van der Waals surface area contributed by atoms with Gasteiger partial charge < -0.3 is 21.1 Å². The number of urea groups is 1. The fraction of sp³-hybridized carbons (Fsp3) is 0.727. The van der Waals surface area contributed by atoms with Gasteiger partial charge in [0.2, 0.25) is 5.91 Å². The molecule has 0 saturated heterocycles. The Bertz CT molecular complexity index is 312. The number of carboxylic acids is 1. The molecule has 19 heavy (non-hydrogen) atoms. The van der Waals surface area contributed by atoms with Crippen molar-refractivity contribution in [2.24, 2.45) is 0 Å². The van der Waals surface area contributed by atoms with Gasteiger partial charge in [0.05, 0.1) is 6.54 Å². The molecule has 0 aromatic heterocycles. The number of nitrogens with one attached hydrogen (secondary N) is 3. The van der Waals surface area contributed by atoms with Gasteiger partial charge in [0, 0.05) is 6.54 Å². The molecule has 110 valence electrons. The number of thioether (sulfide) groups is 1. The van der Waals surface area contributed by atoms with E-state index in [1.54, 1.807) is 0 Å². The molecule has 0 spiro atoms. The quantitative estimate of drug-likeness (QED) is 0.479. The van der Waals surface area contributed by atoms with Gasteiger partial charge in [-0.25, -0.2) is 9.59 Å². The summed E-state index contributed by atoms with van der Waals surface area (Å²) in [5.74, 6) is -0.749. The fourth-order valence-electron chi connectivity index (χ4n) is 1.19. The largest absolute Gasteiger partial charge is 0.480 e. The molecule has 0 fully saturated rings. The maximum Gasteiger partial charge on any atom is 0.326 e. The molecule has 0 aromatic carbocycles. The summed E-state index contributed by atoms with van der Waals surface area (Å²) >= 11 is 1.50. The standard InChI is InChI=1S/C11H21N3O4S/c1-3-5-12-9(15)7-13-11(18)14-8(10(16)17)4-6-19-2/h8H,3-7H2,1-2H3,(H,12,15)(H,16,17)(H2,13,14,18). The third-order valence-corrected chi connectivity index (χ3v) is 2.84. The van der Waals surface area contributed by atoms with Crippen LogP contribution >= 0.6 is 11.8 Å². The number of hydrogen-bond acceptors (Lipinski definition) is 4. The van der Waals surface area contributed by atoms with Crippen LogP contribution in [0, 0.1) is 0 Å². The average molecular weight is 291 g/mol. The molecule has 7 nitrogen and oxygen atoms in total. The van der Waals surface area contributed by atoms with E-state index in [4.69, 9.17) is 5.11 Å². The zero-order chi connectivity index (χ0) is 14.7. The average Bonchev–Trinajstić information content (AvgIpc) is 2.38. The molecule has 1 unspecified atom stereocenters. The van der Waals surface area contributed by atoms with E-state index in [1.807, 2.05) is 13.2 Å². The number of amides is 3. The van der Waals surface area contributed by atoms with E-state index in [2.05, 4.69) is 16.0 Å². The van der Waals surface area contributed by atoms with E-state index < -0.39 is 18.0 Å². The van der Waals surface area contributed by atoms with Crippen LogP contribution in [0.3, 0.4) is 0 Å². The van der Waals surface area contributed by atoms with Gasteiger partial charge in [0.15, 0.2) is 0 Å². The molecule has 0 aliphatic carbocycles. The summed E-state index contributed by atoms with van der Waals surface area (Å²) in [7, 11) is 0.